The third-order valence-corrected chi connectivity index (χ3v) is 11.4. The van der Waals surface area contributed by atoms with Gasteiger partial charge in [-0.2, -0.15) is 13.2 Å². The fourth-order valence-corrected chi connectivity index (χ4v) is 7.80. The standard InChI is InChI=1S/C38H45N5O8S.C2HF3O2/c1-7-50-33-19-26(9-12-32(33)51-22(2)3)35(43(39)29-11-8-27-21-40-16-14-25(27)18-29)37(45)42-17-15-30(38(46)47)36(42)31-20-28(41-24(6)44)10-13-34(31)52(48,49)23(4)5;3-2(4,5)1(6)7/h8-14,16,18-23,30,35-36H,7,15,17,39H2,1-6H3,(H,41,44)(H,46,47);(H,6,7). The number of rotatable bonds is 13. The van der Waals surface area contributed by atoms with Gasteiger partial charge in [-0.25, -0.2) is 19.1 Å². The summed E-state index contributed by atoms with van der Waals surface area (Å²) in [6, 6.07) is 14.1. The van der Waals surface area contributed by atoms with Crippen molar-refractivity contribution in [2.24, 2.45) is 11.8 Å². The highest BCUT2D eigenvalue weighted by Crippen LogP contribution is 2.45. The van der Waals surface area contributed by atoms with Crippen molar-refractivity contribution in [2.45, 2.75) is 82.5 Å². The number of ether oxygens (including phenoxy) is 2. The molecule has 318 valence electrons. The molecule has 1 fully saturated rings. The van der Waals surface area contributed by atoms with Crippen LogP contribution < -0.4 is 25.6 Å². The van der Waals surface area contributed by atoms with Crippen LogP contribution in [0.25, 0.3) is 10.8 Å². The van der Waals surface area contributed by atoms with Crippen molar-refractivity contribution in [3.63, 3.8) is 0 Å². The molecule has 0 spiro atoms. The summed E-state index contributed by atoms with van der Waals surface area (Å²) < 4.78 is 71.2. The largest absolute Gasteiger partial charge is 0.490 e. The molecule has 3 aromatic carbocycles. The Bertz CT molecular complexity index is 2310. The number of anilines is 2. The second-order valence-corrected chi connectivity index (χ2v) is 16.5. The Hall–Kier alpha value is -5.95. The fraction of sp³-hybridized carbons (Fsp3) is 0.375. The number of aromatic nitrogens is 1. The van der Waals surface area contributed by atoms with Crippen LogP contribution in [0.3, 0.4) is 0 Å². The summed E-state index contributed by atoms with van der Waals surface area (Å²) in [5.41, 5.74) is 1.27. The molecule has 59 heavy (non-hydrogen) atoms. The molecule has 1 aromatic heterocycles. The lowest BCUT2D eigenvalue weighted by molar-refractivity contribution is -0.192. The summed E-state index contributed by atoms with van der Waals surface area (Å²) in [5, 5.41) is 22.4. The van der Waals surface area contributed by atoms with Crippen molar-refractivity contribution in [2.75, 3.05) is 23.5 Å². The van der Waals surface area contributed by atoms with E-state index in [0.29, 0.717) is 29.4 Å². The Morgan fingerprint density at radius 2 is 1.66 bits per heavy atom. The number of alkyl halides is 3. The van der Waals surface area contributed by atoms with E-state index in [1.165, 1.54) is 48.9 Å². The number of nitrogens with zero attached hydrogens (tertiary/aromatic N) is 3. The minimum absolute atomic E-state index is 0.00735. The number of sulfone groups is 1. The number of benzene rings is 3. The van der Waals surface area contributed by atoms with Gasteiger partial charge in [0, 0.05) is 36.9 Å². The number of carbonyl (C=O) groups excluding carboxylic acids is 2. The summed E-state index contributed by atoms with van der Waals surface area (Å²) in [6.45, 7) is 10.3. The van der Waals surface area contributed by atoms with Gasteiger partial charge in [0.05, 0.1) is 40.5 Å². The number of aliphatic carboxylic acids is 2. The highest BCUT2D eigenvalue weighted by Gasteiger charge is 2.47. The van der Waals surface area contributed by atoms with Crippen LogP contribution in [0.5, 0.6) is 11.5 Å². The number of hydrazine groups is 1. The molecule has 3 atom stereocenters. The SMILES string of the molecule is CCOc1cc(C(C(=O)N2CCC(C(=O)O)C2c2cc(NC(C)=O)ccc2S(=O)(=O)C(C)C)N(N)c2ccc3cnccc3c2)ccc1OC(C)C.O=C(O)C(F)(F)F. The molecule has 0 radical (unpaired) electrons. The van der Waals surface area contributed by atoms with Crippen molar-refractivity contribution in [3.8, 4) is 11.5 Å². The third kappa shape index (κ3) is 10.8. The van der Waals surface area contributed by atoms with Gasteiger partial charge in [-0.15, -0.1) is 0 Å². The highest BCUT2D eigenvalue weighted by atomic mass is 32.2. The molecule has 1 saturated heterocycles. The molecule has 5 rings (SSSR count). The van der Waals surface area contributed by atoms with Crippen molar-refractivity contribution >= 4 is 55.7 Å². The first kappa shape index (κ1) is 45.7. The van der Waals surface area contributed by atoms with E-state index < -0.39 is 63.0 Å². The van der Waals surface area contributed by atoms with Crippen molar-refractivity contribution in [3.05, 3.63) is 84.2 Å². The van der Waals surface area contributed by atoms with Crippen LogP contribution in [0, 0.1) is 5.92 Å². The average molecular weight is 846 g/mol. The molecule has 0 bridgehead atoms. The fourth-order valence-electron chi connectivity index (χ4n) is 6.53. The summed E-state index contributed by atoms with van der Waals surface area (Å²) in [7, 11) is -3.98. The van der Waals surface area contributed by atoms with Crippen molar-refractivity contribution < 1.29 is 60.5 Å². The van der Waals surface area contributed by atoms with E-state index in [0.717, 1.165) is 10.8 Å². The molecule has 15 nitrogen and oxygen atoms in total. The number of likely N-dealkylation sites (tertiary alicyclic amines) is 1. The average Bonchev–Trinajstić information content (AvgIpc) is 3.61. The number of amides is 2. The Kier molecular flexibility index (Phi) is 14.5. The van der Waals surface area contributed by atoms with Crippen molar-refractivity contribution in [1.82, 2.24) is 9.88 Å². The first-order valence-electron chi connectivity index (χ1n) is 18.4. The summed E-state index contributed by atoms with van der Waals surface area (Å²) in [5.74, 6) is 1.67. The second-order valence-electron chi connectivity index (χ2n) is 14.1. The number of carboxylic acid groups (broad SMARTS) is 2. The number of hydrogen-bond donors (Lipinski definition) is 4. The molecular formula is C40H46F3N5O10S. The first-order valence-corrected chi connectivity index (χ1v) is 19.9. The molecular weight excluding hydrogens is 800 g/mol. The molecule has 4 aromatic rings. The highest BCUT2D eigenvalue weighted by molar-refractivity contribution is 7.92. The minimum atomic E-state index is -5.08. The normalized spacial score (nSPS) is 16.0. The third-order valence-electron chi connectivity index (χ3n) is 9.20. The number of nitrogens with two attached hydrogens (primary N) is 1. The van der Waals surface area contributed by atoms with Crippen LogP contribution in [0.2, 0.25) is 0 Å². The molecule has 1 aliphatic rings. The van der Waals surface area contributed by atoms with E-state index in [9.17, 15) is 36.3 Å². The van der Waals surface area contributed by atoms with E-state index in [4.69, 9.17) is 25.2 Å². The second kappa shape index (κ2) is 18.8. The Morgan fingerprint density at radius 1 is 0.983 bits per heavy atom. The van der Waals surface area contributed by atoms with Gasteiger partial charge >= 0.3 is 18.1 Å². The van der Waals surface area contributed by atoms with E-state index in [-0.39, 0.29) is 35.2 Å². The molecule has 3 unspecified atom stereocenters. The van der Waals surface area contributed by atoms with Gasteiger partial charge in [0.25, 0.3) is 5.91 Å². The van der Waals surface area contributed by atoms with E-state index >= 15 is 4.79 Å². The van der Waals surface area contributed by atoms with Crippen LogP contribution >= 0.6 is 0 Å². The van der Waals surface area contributed by atoms with Crippen LogP contribution in [0.4, 0.5) is 24.5 Å². The summed E-state index contributed by atoms with van der Waals surface area (Å²) >= 11 is 0. The topological polar surface area (TPSA) is 219 Å². The lowest BCUT2D eigenvalue weighted by Crippen LogP contribution is -2.47. The van der Waals surface area contributed by atoms with Gasteiger partial charge in [-0.3, -0.25) is 24.4 Å². The Balaban J connectivity index is 0.00000101. The molecule has 0 aliphatic carbocycles. The lowest BCUT2D eigenvalue weighted by atomic mass is 9.92. The number of nitrogens with one attached hydrogen (secondary N) is 1. The zero-order chi connectivity index (χ0) is 44.0. The molecule has 1 aliphatic heterocycles. The van der Waals surface area contributed by atoms with Crippen LogP contribution in [-0.2, 0) is 29.0 Å². The maximum atomic E-state index is 15.2. The van der Waals surface area contributed by atoms with E-state index in [1.54, 1.807) is 36.7 Å². The quantitative estimate of drug-likeness (QED) is 0.0860. The number of carboxylic acids is 2. The van der Waals surface area contributed by atoms with Gasteiger partial charge < -0.3 is 29.9 Å². The van der Waals surface area contributed by atoms with Gasteiger partial charge in [0.1, 0.15) is 6.04 Å². The lowest BCUT2D eigenvalue weighted by Gasteiger charge is -2.36. The molecule has 0 saturated carbocycles. The Morgan fingerprint density at radius 3 is 2.24 bits per heavy atom. The van der Waals surface area contributed by atoms with Crippen molar-refractivity contribution in [1.29, 1.82) is 0 Å². The summed E-state index contributed by atoms with van der Waals surface area (Å²) in [6.07, 6.45) is -1.84. The zero-order valence-corrected chi connectivity index (χ0v) is 33.9. The van der Waals surface area contributed by atoms with E-state index in [1.807, 2.05) is 39.0 Å². The molecule has 2 heterocycles. The maximum absolute atomic E-state index is 15.2. The number of hydrogen-bond acceptors (Lipinski definition) is 11. The molecule has 2 amide bonds. The predicted octanol–water partition coefficient (Wildman–Crippen LogP) is 6.29. The summed E-state index contributed by atoms with van der Waals surface area (Å²) in [4.78, 5) is 54.4. The van der Waals surface area contributed by atoms with Crippen LogP contribution in [0.1, 0.15) is 71.2 Å². The van der Waals surface area contributed by atoms with E-state index in [2.05, 4.69) is 10.3 Å². The van der Waals surface area contributed by atoms with Gasteiger partial charge in [0.15, 0.2) is 21.3 Å². The van der Waals surface area contributed by atoms with Gasteiger partial charge in [0.2, 0.25) is 5.91 Å². The van der Waals surface area contributed by atoms with Crippen LogP contribution in [0.15, 0.2) is 78.0 Å². The number of halogens is 3. The van der Waals surface area contributed by atoms with Gasteiger partial charge in [-0.05, 0) is 106 Å². The Labute approximate surface area is 338 Å². The van der Waals surface area contributed by atoms with Crippen LogP contribution in [-0.4, -0.2) is 82.9 Å². The molecule has 19 heteroatoms. The number of fused-ring (bicyclic) bond motifs is 1. The monoisotopic (exact) mass is 845 g/mol. The minimum Gasteiger partial charge on any atom is -0.490 e. The maximum Gasteiger partial charge on any atom is 0.490 e. The number of pyridine rings is 1. The predicted molar refractivity (Wildman–Crippen MR) is 211 cm³/mol. The first-order chi connectivity index (χ1) is 27.6. The van der Waals surface area contributed by atoms with Gasteiger partial charge in [-0.1, -0.05) is 12.1 Å². The smallest absolute Gasteiger partial charge is 0.490 e. The molecule has 5 N–H and O–H groups in total. The number of carbonyl (C=O) groups is 4. The zero-order valence-electron chi connectivity index (χ0n) is 33.1.